The van der Waals surface area contributed by atoms with E-state index in [0.29, 0.717) is 6.42 Å². The fourth-order valence-electron chi connectivity index (χ4n) is 0.959. The summed E-state index contributed by atoms with van der Waals surface area (Å²) >= 11 is 0. The number of nitrogens with zero attached hydrogens (tertiary/aromatic N) is 2. The average Bonchev–Trinajstić information content (AvgIpc) is 2.31. The molecule has 0 spiro atoms. The van der Waals surface area contributed by atoms with Gasteiger partial charge >= 0.3 is 0 Å². The van der Waals surface area contributed by atoms with Crippen molar-refractivity contribution in [3.05, 3.63) is 22.5 Å². The van der Waals surface area contributed by atoms with Gasteiger partial charge < -0.3 is 5.32 Å². The molecule has 0 fully saturated rings. The van der Waals surface area contributed by atoms with Gasteiger partial charge in [0.05, 0.1) is 6.07 Å². The van der Waals surface area contributed by atoms with Crippen molar-refractivity contribution in [2.75, 3.05) is 5.32 Å². The Bertz CT molecular complexity index is 468. The summed E-state index contributed by atoms with van der Waals surface area (Å²) in [6, 6.07) is 4.58. The molecule has 6 nitrogen and oxygen atoms in total. The third-order valence-electron chi connectivity index (χ3n) is 2.38. The van der Waals surface area contributed by atoms with Crippen LogP contribution in [0.5, 0.6) is 0 Å². The van der Waals surface area contributed by atoms with Crippen molar-refractivity contribution >= 4 is 11.7 Å². The summed E-state index contributed by atoms with van der Waals surface area (Å²) in [5.74, 6) is -0.212. The lowest BCUT2D eigenvalue weighted by Crippen LogP contribution is -2.32. The summed E-state index contributed by atoms with van der Waals surface area (Å²) in [4.78, 5) is 22.4. The molecule has 0 aromatic carbocycles. The number of carbonyl (C=O) groups is 1. The lowest BCUT2D eigenvalue weighted by atomic mass is 9.88. The molecule has 6 heteroatoms. The second-order valence-corrected chi connectivity index (χ2v) is 3.56. The zero-order chi connectivity index (χ0) is 12.2. The molecule has 1 rings (SSSR count). The maximum Gasteiger partial charge on any atom is 0.264 e. The Balaban J connectivity index is 2.83. The summed E-state index contributed by atoms with van der Waals surface area (Å²) in [6.07, 6.45) is 0.401. The van der Waals surface area contributed by atoms with E-state index in [1.807, 2.05) is 6.07 Å². The Morgan fingerprint density at radius 1 is 1.69 bits per heavy atom. The van der Waals surface area contributed by atoms with Gasteiger partial charge in [-0.1, -0.05) is 6.92 Å². The van der Waals surface area contributed by atoms with Crippen molar-refractivity contribution in [3.63, 3.8) is 0 Å². The highest BCUT2D eigenvalue weighted by Gasteiger charge is 2.31. The number of nitriles is 1. The van der Waals surface area contributed by atoms with Gasteiger partial charge in [0.15, 0.2) is 5.82 Å². The lowest BCUT2D eigenvalue weighted by Gasteiger charge is -2.17. The highest BCUT2D eigenvalue weighted by atomic mass is 16.2. The molecule has 1 unspecified atom stereocenters. The first-order valence-electron chi connectivity index (χ1n) is 4.80. The molecule has 0 radical (unpaired) electrons. The van der Waals surface area contributed by atoms with E-state index in [0.717, 1.165) is 0 Å². The Kier molecular flexibility index (Phi) is 3.40. The van der Waals surface area contributed by atoms with Crippen molar-refractivity contribution in [2.24, 2.45) is 5.41 Å². The lowest BCUT2D eigenvalue weighted by molar-refractivity contribution is -0.122. The summed E-state index contributed by atoms with van der Waals surface area (Å²) in [5.41, 5.74) is -1.44. The van der Waals surface area contributed by atoms with Gasteiger partial charge in [0, 0.05) is 6.07 Å². The quantitative estimate of drug-likeness (QED) is 0.781. The van der Waals surface area contributed by atoms with Gasteiger partial charge in [-0.3, -0.25) is 9.59 Å². The molecule has 2 N–H and O–H groups in total. The van der Waals surface area contributed by atoms with Crippen molar-refractivity contribution in [2.45, 2.75) is 20.3 Å². The van der Waals surface area contributed by atoms with Crippen LogP contribution in [0.15, 0.2) is 16.9 Å². The van der Waals surface area contributed by atoms with E-state index in [2.05, 4.69) is 15.5 Å². The molecule has 1 amide bonds. The maximum absolute atomic E-state index is 11.7. The smallest absolute Gasteiger partial charge is 0.264 e. The molecule has 16 heavy (non-hydrogen) atoms. The molecule has 0 aliphatic rings. The third-order valence-corrected chi connectivity index (χ3v) is 2.38. The predicted molar refractivity (Wildman–Crippen MR) is 57.5 cm³/mol. The SMILES string of the molecule is CCC(C)(C#N)C(=O)Nc1ccc(=O)[nH]n1. The van der Waals surface area contributed by atoms with E-state index in [-0.39, 0.29) is 11.4 Å². The number of hydrogen-bond donors (Lipinski definition) is 2. The number of rotatable bonds is 3. The Morgan fingerprint density at radius 3 is 2.81 bits per heavy atom. The van der Waals surface area contributed by atoms with E-state index in [4.69, 9.17) is 5.26 Å². The molecular weight excluding hydrogens is 208 g/mol. The standard InChI is InChI=1S/C10H12N4O2/c1-3-10(2,6-11)9(16)12-7-4-5-8(15)14-13-7/h4-5H,3H2,1-2H3,(H,14,15)(H,12,13,16). The fraction of sp³-hybridized carbons (Fsp3) is 0.400. The second-order valence-electron chi connectivity index (χ2n) is 3.56. The van der Waals surface area contributed by atoms with Gasteiger partial charge in [-0.15, -0.1) is 0 Å². The van der Waals surface area contributed by atoms with E-state index in [1.165, 1.54) is 12.1 Å². The van der Waals surface area contributed by atoms with Crippen LogP contribution >= 0.6 is 0 Å². The van der Waals surface area contributed by atoms with Gasteiger partial charge in [-0.2, -0.15) is 10.4 Å². The van der Waals surface area contributed by atoms with Crippen LogP contribution in [0.3, 0.4) is 0 Å². The first-order chi connectivity index (χ1) is 7.51. The van der Waals surface area contributed by atoms with E-state index in [9.17, 15) is 9.59 Å². The molecule has 1 aromatic rings. The van der Waals surface area contributed by atoms with Crippen LogP contribution in [0.1, 0.15) is 20.3 Å². The molecule has 0 saturated carbocycles. The normalized spacial score (nSPS) is 13.6. The van der Waals surface area contributed by atoms with Crippen molar-refractivity contribution < 1.29 is 4.79 Å². The number of H-pyrrole nitrogens is 1. The summed E-state index contributed by atoms with van der Waals surface area (Å²) in [7, 11) is 0. The van der Waals surface area contributed by atoms with Gasteiger partial charge in [0.25, 0.3) is 5.56 Å². The van der Waals surface area contributed by atoms with Crippen LogP contribution in [0.4, 0.5) is 5.82 Å². The first-order valence-corrected chi connectivity index (χ1v) is 4.80. The van der Waals surface area contributed by atoms with Gasteiger partial charge in [0.2, 0.25) is 5.91 Å². The zero-order valence-corrected chi connectivity index (χ0v) is 9.07. The zero-order valence-electron chi connectivity index (χ0n) is 9.07. The summed E-state index contributed by atoms with van der Waals surface area (Å²) in [6.45, 7) is 3.30. The number of aromatic nitrogens is 2. The number of anilines is 1. The number of nitrogens with one attached hydrogen (secondary N) is 2. The van der Waals surface area contributed by atoms with Crippen LogP contribution < -0.4 is 10.9 Å². The molecule has 0 aliphatic carbocycles. The van der Waals surface area contributed by atoms with Gasteiger partial charge in [-0.25, -0.2) is 5.10 Å². The van der Waals surface area contributed by atoms with E-state index < -0.39 is 11.3 Å². The Labute approximate surface area is 92.3 Å². The monoisotopic (exact) mass is 220 g/mol. The van der Waals surface area contributed by atoms with Crippen LogP contribution in [-0.2, 0) is 4.79 Å². The molecule has 0 aliphatic heterocycles. The van der Waals surface area contributed by atoms with Crippen LogP contribution in [0.2, 0.25) is 0 Å². The number of aromatic amines is 1. The highest BCUT2D eigenvalue weighted by molar-refractivity contribution is 5.96. The van der Waals surface area contributed by atoms with E-state index in [1.54, 1.807) is 13.8 Å². The number of hydrogen-bond acceptors (Lipinski definition) is 4. The van der Waals surface area contributed by atoms with Gasteiger partial charge in [0.1, 0.15) is 5.41 Å². The predicted octanol–water partition coefficient (Wildman–Crippen LogP) is 0.648. The number of amides is 1. The Morgan fingerprint density at radius 2 is 2.38 bits per heavy atom. The third kappa shape index (κ3) is 2.45. The molecular formula is C10H12N4O2. The molecule has 0 saturated heterocycles. The molecule has 1 heterocycles. The van der Waals surface area contributed by atoms with Crippen molar-refractivity contribution in [3.8, 4) is 6.07 Å². The Hall–Kier alpha value is -2.16. The van der Waals surface area contributed by atoms with Gasteiger partial charge in [-0.05, 0) is 19.4 Å². The van der Waals surface area contributed by atoms with Crippen LogP contribution in [-0.4, -0.2) is 16.1 Å². The second kappa shape index (κ2) is 4.57. The topological polar surface area (TPSA) is 98.6 Å². The molecule has 0 bridgehead atoms. The summed E-state index contributed by atoms with van der Waals surface area (Å²) in [5, 5.41) is 17.2. The minimum atomic E-state index is -1.09. The average molecular weight is 220 g/mol. The largest absolute Gasteiger partial charge is 0.308 e. The minimum Gasteiger partial charge on any atom is -0.308 e. The minimum absolute atomic E-state index is 0.222. The number of carbonyl (C=O) groups excluding carboxylic acids is 1. The van der Waals surface area contributed by atoms with Crippen molar-refractivity contribution in [1.29, 1.82) is 5.26 Å². The van der Waals surface area contributed by atoms with Crippen LogP contribution in [0.25, 0.3) is 0 Å². The van der Waals surface area contributed by atoms with Crippen molar-refractivity contribution in [1.82, 2.24) is 10.2 Å². The highest BCUT2D eigenvalue weighted by Crippen LogP contribution is 2.21. The molecule has 1 atom stereocenters. The maximum atomic E-state index is 11.7. The first kappa shape index (κ1) is 11.9. The summed E-state index contributed by atoms with van der Waals surface area (Å²) < 4.78 is 0. The van der Waals surface area contributed by atoms with Crippen LogP contribution in [0, 0.1) is 16.7 Å². The van der Waals surface area contributed by atoms with E-state index >= 15 is 0 Å². The molecule has 1 aromatic heterocycles. The fourth-order valence-corrected chi connectivity index (χ4v) is 0.959. The molecule has 84 valence electrons.